The number of aliphatic hydroxyl groups is 1. The second kappa shape index (κ2) is 9.30. The van der Waals surface area contributed by atoms with Crippen LogP contribution in [0.4, 0.5) is 4.39 Å². The Bertz CT molecular complexity index is 1470. The molecule has 0 amide bonds. The number of hydrogen-bond acceptors (Lipinski definition) is 7. The van der Waals surface area contributed by atoms with E-state index in [1.54, 1.807) is 42.8 Å². The SMILES string of the molecule is CSC(=N)c1cc(Sc2c(F)cc3c(ccn3S(=O)(=O)c3ccc(C)cc3)c2CO)ccn1. The second-order valence-corrected chi connectivity index (χ2v) is 10.9. The van der Waals surface area contributed by atoms with Crippen LogP contribution in [-0.2, 0) is 16.6 Å². The number of aliphatic hydroxyl groups excluding tert-OH is 1. The van der Waals surface area contributed by atoms with E-state index < -0.39 is 22.4 Å². The van der Waals surface area contributed by atoms with Gasteiger partial charge in [-0.25, -0.2) is 16.8 Å². The Labute approximate surface area is 199 Å². The zero-order chi connectivity index (χ0) is 23.8. The van der Waals surface area contributed by atoms with Crippen molar-refractivity contribution in [1.82, 2.24) is 8.96 Å². The maximum atomic E-state index is 15.3. The summed E-state index contributed by atoms with van der Waals surface area (Å²) in [7, 11) is -3.94. The first-order chi connectivity index (χ1) is 15.8. The van der Waals surface area contributed by atoms with Crippen LogP contribution in [0.2, 0.25) is 0 Å². The second-order valence-electron chi connectivity index (χ2n) is 7.20. The largest absolute Gasteiger partial charge is 0.392 e. The highest BCUT2D eigenvalue weighted by atomic mass is 32.2. The van der Waals surface area contributed by atoms with Crippen molar-refractivity contribution in [3.05, 3.63) is 83.6 Å². The van der Waals surface area contributed by atoms with Gasteiger partial charge in [0.25, 0.3) is 10.0 Å². The Morgan fingerprint density at radius 1 is 1.18 bits per heavy atom. The molecule has 10 heteroatoms. The van der Waals surface area contributed by atoms with E-state index in [0.717, 1.165) is 21.3 Å². The molecule has 0 unspecified atom stereocenters. The summed E-state index contributed by atoms with van der Waals surface area (Å²) in [4.78, 5) is 5.10. The monoisotopic (exact) mass is 501 g/mol. The molecule has 0 bridgehead atoms. The first-order valence-electron chi connectivity index (χ1n) is 9.78. The van der Waals surface area contributed by atoms with Gasteiger partial charge in [0.1, 0.15) is 10.9 Å². The zero-order valence-corrected chi connectivity index (χ0v) is 20.2. The first kappa shape index (κ1) is 23.5. The van der Waals surface area contributed by atoms with Gasteiger partial charge in [-0.15, -0.1) is 11.8 Å². The highest BCUT2D eigenvalue weighted by Gasteiger charge is 2.23. The average Bonchev–Trinajstić information content (AvgIpc) is 3.23. The molecule has 0 saturated carbocycles. The summed E-state index contributed by atoms with van der Waals surface area (Å²) in [6.07, 6.45) is 4.69. The molecule has 2 aromatic carbocycles. The molecule has 33 heavy (non-hydrogen) atoms. The number of halogens is 1. The third kappa shape index (κ3) is 4.43. The van der Waals surface area contributed by atoms with Gasteiger partial charge in [-0.05, 0) is 43.5 Å². The number of pyridine rings is 1. The third-order valence-electron chi connectivity index (χ3n) is 5.09. The van der Waals surface area contributed by atoms with Crippen LogP contribution >= 0.6 is 23.5 Å². The van der Waals surface area contributed by atoms with Crippen molar-refractivity contribution in [1.29, 1.82) is 5.41 Å². The van der Waals surface area contributed by atoms with Gasteiger partial charge in [-0.1, -0.05) is 29.5 Å². The van der Waals surface area contributed by atoms with Crippen LogP contribution in [0.15, 0.2) is 75.6 Å². The minimum atomic E-state index is -3.94. The molecule has 2 N–H and O–H groups in total. The van der Waals surface area contributed by atoms with E-state index >= 15 is 4.39 Å². The lowest BCUT2D eigenvalue weighted by molar-refractivity contribution is 0.279. The molecule has 0 atom stereocenters. The molecule has 6 nitrogen and oxygen atoms in total. The topological polar surface area (TPSA) is 96.0 Å². The first-order valence-corrected chi connectivity index (χ1v) is 13.3. The van der Waals surface area contributed by atoms with Crippen LogP contribution in [0, 0.1) is 18.2 Å². The Morgan fingerprint density at radius 3 is 2.58 bits per heavy atom. The van der Waals surface area contributed by atoms with E-state index in [9.17, 15) is 13.5 Å². The fourth-order valence-electron chi connectivity index (χ4n) is 3.40. The minimum Gasteiger partial charge on any atom is -0.392 e. The molecule has 2 aromatic heterocycles. The Hall–Kier alpha value is -2.66. The Kier molecular flexibility index (Phi) is 6.62. The summed E-state index contributed by atoms with van der Waals surface area (Å²) in [5.74, 6) is -0.645. The summed E-state index contributed by atoms with van der Waals surface area (Å²) < 4.78 is 42.7. The molecule has 0 spiro atoms. The van der Waals surface area contributed by atoms with Crippen molar-refractivity contribution in [2.45, 2.75) is 28.2 Å². The van der Waals surface area contributed by atoms with Crippen molar-refractivity contribution in [3.8, 4) is 0 Å². The van der Waals surface area contributed by atoms with Gasteiger partial charge in [0.15, 0.2) is 0 Å². The van der Waals surface area contributed by atoms with Crippen molar-refractivity contribution < 1.29 is 17.9 Å². The molecular formula is C23H20FN3O3S3. The summed E-state index contributed by atoms with van der Waals surface area (Å²) in [6.45, 7) is 1.39. The number of aryl methyl sites for hydroxylation is 1. The van der Waals surface area contributed by atoms with Gasteiger partial charge in [0, 0.05) is 34.3 Å². The van der Waals surface area contributed by atoms with Crippen LogP contribution in [0.5, 0.6) is 0 Å². The van der Waals surface area contributed by atoms with Crippen molar-refractivity contribution in [3.63, 3.8) is 0 Å². The normalized spacial score (nSPS) is 11.8. The molecule has 0 saturated heterocycles. The van der Waals surface area contributed by atoms with Crippen LogP contribution in [0.3, 0.4) is 0 Å². The number of aromatic nitrogens is 2. The van der Waals surface area contributed by atoms with Crippen molar-refractivity contribution in [2.24, 2.45) is 0 Å². The van der Waals surface area contributed by atoms with Gasteiger partial charge in [-0.3, -0.25) is 10.4 Å². The van der Waals surface area contributed by atoms with Gasteiger partial charge in [0.05, 0.1) is 27.6 Å². The van der Waals surface area contributed by atoms with E-state index in [2.05, 4.69) is 4.98 Å². The summed E-state index contributed by atoms with van der Waals surface area (Å²) in [5, 5.41) is 18.7. The standard InChI is InChI=1S/C23H20FN3O3S3/c1-14-3-5-16(6-4-14)33(29,30)27-10-8-17-18(13-28)22(19(24)12-21(17)27)32-15-7-9-26-20(11-15)23(25)31-2/h3-12,25,28H,13H2,1-2H3. The van der Waals surface area contributed by atoms with Gasteiger partial charge >= 0.3 is 0 Å². The average molecular weight is 502 g/mol. The van der Waals surface area contributed by atoms with E-state index in [-0.39, 0.29) is 20.4 Å². The van der Waals surface area contributed by atoms with Crippen LogP contribution < -0.4 is 0 Å². The van der Waals surface area contributed by atoms with Crippen molar-refractivity contribution >= 4 is 49.5 Å². The molecule has 170 valence electrons. The molecule has 0 radical (unpaired) electrons. The Balaban J connectivity index is 1.81. The van der Waals surface area contributed by atoms with E-state index in [4.69, 9.17) is 5.41 Å². The highest BCUT2D eigenvalue weighted by molar-refractivity contribution is 8.13. The van der Waals surface area contributed by atoms with E-state index in [1.807, 2.05) is 6.92 Å². The number of fused-ring (bicyclic) bond motifs is 1. The lowest BCUT2D eigenvalue weighted by Gasteiger charge is -2.13. The smallest absolute Gasteiger partial charge is 0.268 e. The van der Waals surface area contributed by atoms with Gasteiger partial charge in [0.2, 0.25) is 0 Å². The fourth-order valence-corrected chi connectivity index (χ4v) is 6.05. The summed E-state index contributed by atoms with van der Waals surface area (Å²) in [6, 6.07) is 12.5. The van der Waals surface area contributed by atoms with Gasteiger partial charge < -0.3 is 5.11 Å². The quantitative estimate of drug-likeness (QED) is 0.283. The molecule has 0 aliphatic heterocycles. The zero-order valence-electron chi connectivity index (χ0n) is 17.7. The van der Waals surface area contributed by atoms with Crippen molar-refractivity contribution in [2.75, 3.05) is 6.26 Å². The number of thioether (sulfide) groups is 1. The minimum absolute atomic E-state index is 0.0931. The lowest BCUT2D eigenvalue weighted by Crippen LogP contribution is -2.12. The number of nitrogens with one attached hydrogen (secondary N) is 1. The lowest BCUT2D eigenvalue weighted by atomic mass is 10.1. The molecular weight excluding hydrogens is 481 g/mol. The van der Waals surface area contributed by atoms with Crippen LogP contribution in [0.25, 0.3) is 10.9 Å². The molecule has 4 aromatic rings. The maximum Gasteiger partial charge on any atom is 0.268 e. The number of hydrogen-bond donors (Lipinski definition) is 2. The molecule has 0 aliphatic carbocycles. The predicted molar refractivity (Wildman–Crippen MR) is 130 cm³/mol. The Morgan fingerprint density at radius 2 is 1.91 bits per heavy atom. The molecule has 4 rings (SSSR count). The predicted octanol–water partition coefficient (Wildman–Crippen LogP) is 5.05. The number of benzene rings is 2. The summed E-state index contributed by atoms with van der Waals surface area (Å²) in [5.41, 5.74) is 1.84. The summed E-state index contributed by atoms with van der Waals surface area (Å²) >= 11 is 2.34. The van der Waals surface area contributed by atoms with Crippen LogP contribution in [0.1, 0.15) is 16.8 Å². The maximum absolute atomic E-state index is 15.3. The van der Waals surface area contributed by atoms with E-state index in [0.29, 0.717) is 21.5 Å². The molecule has 0 fully saturated rings. The molecule has 2 heterocycles. The number of rotatable bonds is 6. The van der Waals surface area contributed by atoms with Gasteiger partial charge in [-0.2, -0.15) is 0 Å². The van der Waals surface area contributed by atoms with E-state index in [1.165, 1.54) is 36.2 Å². The van der Waals surface area contributed by atoms with Crippen LogP contribution in [-0.4, -0.2) is 33.8 Å². The number of nitrogens with zero attached hydrogens (tertiary/aromatic N) is 2. The third-order valence-corrected chi connectivity index (χ3v) is 8.55. The molecule has 0 aliphatic rings. The highest BCUT2D eigenvalue weighted by Crippen LogP contribution is 2.38. The fraction of sp³-hybridized carbons (Fsp3) is 0.130.